The predicted octanol–water partition coefficient (Wildman–Crippen LogP) is 4.00. The molecular weight excluding hydrogens is 342 g/mol. The number of nitrogens with one attached hydrogen (secondary N) is 1. The zero-order valence-electron chi connectivity index (χ0n) is 13.1. The first kappa shape index (κ1) is 16.7. The van der Waals surface area contributed by atoms with Gasteiger partial charge in [-0.15, -0.1) is 0 Å². The highest BCUT2D eigenvalue weighted by Crippen LogP contribution is 2.19. The summed E-state index contributed by atoms with van der Waals surface area (Å²) in [7, 11) is 0. The lowest BCUT2D eigenvalue weighted by Crippen LogP contribution is -2.30. The molecule has 0 spiro atoms. The van der Waals surface area contributed by atoms with Crippen LogP contribution in [-0.4, -0.2) is 15.5 Å². The number of carbonyl (C=O) groups is 1. The standard InChI is InChI=1S/C17H22BrN3O/c1-4-13(5-2)17(22)19-10-16-20-14-8-6-7-9-15(14)21(16)11-12(3)18/h6-9,13H,3-5,10-11H2,1-2H3,(H,19,22). The minimum Gasteiger partial charge on any atom is -0.349 e. The fourth-order valence-corrected chi connectivity index (χ4v) is 2.83. The Morgan fingerprint density at radius 1 is 1.36 bits per heavy atom. The molecule has 0 unspecified atom stereocenters. The molecule has 0 saturated heterocycles. The lowest BCUT2D eigenvalue weighted by molar-refractivity contribution is -0.125. The van der Waals surface area contributed by atoms with Crippen LogP contribution in [0.2, 0.25) is 0 Å². The van der Waals surface area contributed by atoms with Gasteiger partial charge in [0, 0.05) is 10.4 Å². The molecule has 1 heterocycles. The SMILES string of the molecule is C=C(Br)Cn1c(CNC(=O)C(CC)CC)nc2ccccc21. The van der Waals surface area contributed by atoms with E-state index in [0.717, 1.165) is 34.2 Å². The number of fused-ring (bicyclic) bond motifs is 1. The van der Waals surface area contributed by atoms with E-state index in [1.165, 1.54) is 0 Å². The van der Waals surface area contributed by atoms with Crippen LogP contribution in [0.4, 0.5) is 0 Å². The van der Waals surface area contributed by atoms with Gasteiger partial charge in [0.25, 0.3) is 0 Å². The van der Waals surface area contributed by atoms with Gasteiger partial charge in [-0.25, -0.2) is 4.98 Å². The van der Waals surface area contributed by atoms with Gasteiger partial charge in [0.15, 0.2) is 0 Å². The first-order chi connectivity index (χ1) is 10.6. The maximum absolute atomic E-state index is 12.2. The number of amides is 1. The van der Waals surface area contributed by atoms with E-state index in [0.29, 0.717) is 13.1 Å². The second-order valence-corrected chi connectivity index (χ2v) is 6.47. The monoisotopic (exact) mass is 363 g/mol. The second kappa shape index (κ2) is 7.58. The minimum absolute atomic E-state index is 0.0731. The van der Waals surface area contributed by atoms with Crippen molar-refractivity contribution in [3.05, 3.63) is 41.2 Å². The summed E-state index contributed by atoms with van der Waals surface area (Å²) in [5.74, 6) is 1.02. The van der Waals surface area contributed by atoms with Crippen molar-refractivity contribution in [1.29, 1.82) is 0 Å². The summed E-state index contributed by atoms with van der Waals surface area (Å²) in [6, 6.07) is 7.97. The van der Waals surface area contributed by atoms with Crippen molar-refractivity contribution in [3.63, 3.8) is 0 Å². The van der Waals surface area contributed by atoms with Crippen molar-refractivity contribution >= 4 is 32.9 Å². The number of aromatic nitrogens is 2. The molecular formula is C17H22BrN3O. The number of rotatable bonds is 7. The molecule has 2 rings (SSSR count). The number of para-hydroxylation sites is 2. The number of hydrogen-bond acceptors (Lipinski definition) is 2. The zero-order valence-corrected chi connectivity index (χ0v) is 14.7. The van der Waals surface area contributed by atoms with Gasteiger partial charge in [0.2, 0.25) is 5.91 Å². The number of imidazole rings is 1. The Labute approximate surface area is 139 Å². The van der Waals surface area contributed by atoms with Crippen LogP contribution in [-0.2, 0) is 17.9 Å². The number of hydrogen-bond donors (Lipinski definition) is 1. The first-order valence-corrected chi connectivity index (χ1v) is 8.41. The Hall–Kier alpha value is -1.62. The van der Waals surface area contributed by atoms with Gasteiger partial charge in [-0.3, -0.25) is 4.79 Å². The number of carbonyl (C=O) groups excluding carboxylic acids is 1. The third-order valence-corrected chi connectivity index (χ3v) is 4.09. The molecule has 4 nitrogen and oxygen atoms in total. The highest BCUT2D eigenvalue weighted by Gasteiger charge is 2.16. The average Bonchev–Trinajstić information content (AvgIpc) is 2.84. The smallest absolute Gasteiger partial charge is 0.223 e. The number of allylic oxidation sites excluding steroid dienone is 1. The van der Waals surface area contributed by atoms with Gasteiger partial charge in [-0.1, -0.05) is 48.5 Å². The Bertz CT molecular complexity index is 674. The Morgan fingerprint density at radius 3 is 2.68 bits per heavy atom. The highest BCUT2D eigenvalue weighted by atomic mass is 79.9. The molecule has 0 bridgehead atoms. The van der Waals surface area contributed by atoms with Crippen molar-refractivity contribution in [2.45, 2.75) is 39.8 Å². The van der Waals surface area contributed by atoms with E-state index in [-0.39, 0.29) is 11.8 Å². The Kier molecular flexibility index (Phi) is 5.77. The topological polar surface area (TPSA) is 46.9 Å². The Balaban J connectivity index is 2.23. The van der Waals surface area contributed by atoms with Gasteiger partial charge < -0.3 is 9.88 Å². The van der Waals surface area contributed by atoms with Gasteiger partial charge in [0.05, 0.1) is 24.1 Å². The third kappa shape index (κ3) is 3.77. The fraction of sp³-hybridized carbons (Fsp3) is 0.412. The van der Waals surface area contributed by atoms with E-state index < -0.39 is 0 Å². The molecule has 0 saturated carbocycles. The summed E-state index contributed by atoms with van der Waals surface area (Å²) in [5, 5.41) is 3.01. The molecule has 1 aromatic carbocycles. The molecule has 1 amide bonds. The van der Waals surface area contributed by atoms with Crippen molar-refractivity contribution in [2.75, 3.05) is 0 Å². The lowest BCUT2D eigenvalue weighted by Gasteiger charge is -2.13. The van der Waals surface area contributed by atoms with Crippen LogP contribution < -0.4 is 5.32 Å². The summed E-state index contributed by atoms with van der Waals surface area (Å²) in [4.78, 5) is 16.8. The van der Waals surface area contributed by atoms with Gasteiger partial charge in [-0.2, -0.15) is 0 Å². The molecule has 0 atom stereocenters. The second-order valence-electron chi connectivity index (χ2n) is 5.35. The molecule has 0 radical (unpaired) electrons. The van der Waals surface area contributed by atoms with Crippen molar-refractivity contribution in [1.82, 2.24) is 14.9 Å². The van der Waals surface area contributed by atoms with Crippen LogP contribution in [0, 0.1) is 5.92 Å². The summed E-state index contributed by atoms with van der Waals surface area (Å²) < 4.78 is 2.96. The molecule has 118 valence electrons. The fourth-order valence-electron chi connectivity index (χ4n) is 2.58. The number of halogens is 1. The summed E-state index contributed by atoms with van der Waals surface area (Å²) in [6.07, 6.45) is 1.72. The van der Waals surface area contributed by atoms with Crippen LogP contribution in [0.25, 0.3) is 11.0 Å². The molecule has 1 N–H and O–H groups in total. The molecule has 0 aliphatic heterocycles. The van der Waals surface area contributed by atoms with Crippen LogP contribution in [0.1, 0.15) is 32.5 Å². The molecule has 0 fully saturated rings. The molecule has 22 heavy (non-hydrogen) atoms. The highest BCUT2D eigenvalue weighted by molar-refractivity contribution is 9.11. The van der Waals surface area contributed by atoms with E-state index >= 15 is 0 Å². The number of benzene rings is 1. The normalized spacial score (nSPS) is 11.1. The van der Waals surface area contributed by atoms with Gasteiger partial charge in [0.1, 0.15) is 5.82 Å². The first-order valence-electron chi connectivity index (χ1n) is 7.61. The Morgan fingerprint density at radius 2 is 2.05 bits per heavy atom. The zero-order chi connectivity index (χ0) is 16.1. The van der Waals surface area contributed by atoms with Gasteiger partial charge >= 0.3 is 0 Å². The van der Waals surface area contributed by atoms with E-state index in [9.17, 15) is 4.79 Å². The van der Waals surface area contributed by atoms with E-state index in [1.807, 2.05) is 38.1 Å². The van der Waals surface area contributed by atoms with Crippen molar-refractivity contribution in [2.24, 2.45) is 5.92 Å². The summed E-state index contributed by atoms with van der Waals surface area (Å²) in [6.45, 7) is 9.06. The van der Waals surface area contributed by atoms with Crippen molar-refractivity contribution < 1.29 is 4.79 Å². The van der Waals surface area contributed by atoms with E-state index in [2.05, 4.69) is 37.4 Å². The molecule has 0 aliphatic rings. The molecule has 2 aromatic rings. The number of nitrogens with zero attached hydrogens (tertiary/aromatic N) is 2. The van der Waals surface area contributed by atoms with Crippen molar-refractivity contribution in [3.8, 4) is 0 Å². The van der Waals surface area contributed by atoms with Gasteiger partial charge in [-0.05, 0) is 25.0 Å². The largest absolute Gasteiger partial charge is 0.349 e. The van der Waals surface area contributed by atoms with Crippen LogP contribution in [0.15, 0.2) is 35.3 Å². The van der Waals surface area contributed by atoms with Crippen LogP contribution >= 0.6 is 15.9 Å². The quantitative estimate of drug-likeness (QED) is 0.807. The predicted molar refractivity (Wildman–Crippen MR) is 93.7 cm³/mol. The summed E-state index contributed by atoms with van der Waals surface area (Å²) >= 11 is 3.41. The van der Waals surface area contributed by atoms with E-state index in [1.54, 1.807) is 0 Å². The maximum Gasteiger partial charge on any atom is 0.223 e. The molecule has 5 heteroatoms. The lowest BCUT2D eigenvalue weighted by atomic mass is 10.0. The minimum atomic E-state index is 0.0731. The third-order valence-electron chi connectivity index (χ3n) is 3.84. The van der Waals surface area contributed by atoms with Crippen LogP contribution in [0.5, 0.6) is 0 Å². The summed E-state index contributed by atoms with van der Waals surface area (Å²) in [5.41, 5.74) is 1.98. The average molecular weight is 364 g/mol. The molecule has 1 aromatic heterocycles. The maximum atomic E-state index is 12.2. The van der Waals surface area contributed by atoms with E-state index in [4.69, 9.17) is 0 Å². The molecule has 0 aliphatic carbocycles. The van der Waals surface area contributed by atoms with Crippen LogP contribution in [0.3, 0.4) is 0 Å².